The van der Waals surface area contributed by atoms with Crippen LogP contribution in [0.2, 0.25) is 0 Å². The Morgan fingerprint density at radius 3 is 2.83 bits per heavy atom. The third kappa shape index (κ3) is 4.49. The molecule has 0 aliphatic rings. The number of carbonyl (C=O) groups is 1. The van der Waals surface area contributed by atoms with E-state index in [1.807, 2.05) is 26.0 Å². The molecule has 1 heterocycles. The van der Waals surface area contributed by atoms with Crippen molar-refractivity contribution >= 4 is 23.1 Å². The molecule has 0 radical (unpaired) electrons. The van der Waals surface area contributed by atoms with E-state index in [1.165, 1.54) is 0 Å². The van der Waals surface area contributed by atoms with E-state index in [0.717, 1.165) is 5.76 Å². The number of rotatable bonds is 7. The normalized spacial score (nSPS) is 12.1. The predicted molar refractivity (Wildman–Crippen MR) is 75.2 cm³/mol. The Morgan fingerprint density at radius 1 is 1.61 bits per heavy atom. The fourth-order valence-electron chi connectivity index (χ4n) is 1.67. The largest absolute Gasteiger partial charge is 0.469 e. The second-order valence-corrected chi connectivity index (χ2v) is 4.79. The van der Waals surface area contributed by atoms with Gasteiger partial charge in [0.1, 0.15) is 5.76 Å². The number of carbonyl (C=O) groups excluding carboxylic acids is 1. The standard InChI is InChI=1S/C13H20N2O2S/c1-3-15(9-10(2)13(14)18)12(16)7-6-11-5-4-8-17-11/h4-5,8,10H,3,6-7,9H2,1-2H3,(H2,14,18). The van der Waals surface area contributed by atoms with Crippen molar-refractivity contribution in [3.63, 3.8) is 0 Å². The lowest BCUT2D eigenvalue weighted by molar-refractivity contribution is -0.131. The molecule has 1 atom stereocenters. The first-order valence-corrected chi connectivity index (χ1v) is 6.54. The molecule has 1 aromatic rings. The first kappa shape index (κ1) is 14.7. The Balaban J connectivity index is 2.44. The molecule has 1 aromatic heterocycles. The van der Waals surface area contributed by atoms with Crippen molar-refractivity contribution < 1.29 is 9.21 Å². The number of furan rings is 1. The van der Waals surface area contributed by atoms with E-state index in [-0.39, 0.29) is 11.8 Å². The van der Waals surface area contributed by atoms with Crippen molar-refractivity contribution in [2.75, 3.05) is 13.1 Å². The van der Waals surface area contributed by atoms with Crippen LogP contribution in [-0.4, -0.2) is 28.9 Å². The molecule has 0 saturated heterocycles. The van der Waals surface area contributed by atoms with E-state index in [4.69, 9.17) is 22.4 Å². The smallest absolute Gasteiger partial charge is 0.223 e. The zero-order valence-electron chi connectivity index (χ0n) is 10.9. The Bertz CT molecular complexity index is 390. The summed E-state index contributed by atoms with van der Waals surface area (Å²) in [5.41, 5.74) is 5.57. The second kappa shape index (κ2) is 7.16. The molecular formula is C13H20N2O2S. The van der Waals surface area contributed by atoms with Crippen LogP contribution < -0.4 is 5.73 Å². The summed E-state index contributed by atoms with van der Waals surface area (Å²) >= 11 is 4.93. The van der Waals surface area contributed by atoms with Crippen LogP contribution in [-0.2, 0) is 11.2 Å². The molecular weight excluding hydrogens is 248 g/mol. The Labute approximate surface area is 113 Å². The lowest BCUT2D eigenvalue weighted by Crippen LogP contribution is -2.38. The summed E-state index contributed by atoms with van der Waals surface area (Å²) in [6.45, 7) is 5.15. The average Bonchev–Trinajstić information content (AvgIpc) is 2.85. The van der Waals surface area contributed by atoms with E-state index in [0.29, 0.717) is 30.9 Å². The fourth-order valence-corrected chi connectivity index (χ4v) is 1.75. The highest BCUT2D eigenvalue weighted by molar-refractivity contribution is 7.80. The molecule has 0 spiro atoms. The quantitative estimate of drug-likeness (QED) is 0.768. The fraction of sp³-hybridized carbons (Fsp3) is 0.538. The van der Waals surface area contributed by atoms with E-state index in [2.05, 4.69) is 0 Å². The summed E-state index contributed by atoms with van der Waals surface area (Å²) in [6.07, 6.45) is 2.70. The maximum atomic E-state index is 12.0. The Kier molecular flexibility index (Phi) is 5.85. The van der Waals surface area contributed by atoms with Gasteiger partial charge in [0.25, 0.3) is 0 Å². The second-order valence-electron chi connectivity index (χ2n) is 4.32. The van der Waals surface area contributed by atoms with Crippen molar-refractivity contribution in [3.8, 4) is 0 Å². The molecule has 0 bridgehead atoms. The summed E-state index contributed by atoms with van der Waals surface area (Å²) in [4.78, 5) is 14.3. The summed E-state index contributed by atoms with van der Waals surface area (Å²) in [6, 6.07) is 3.70. The van der Waals surface area contributed by atoms with Crippen LogP contribution in [0.15, 0.2) is 22.8 Å². The molecule has 0 fully saturated rings. The first-order valence-electron chi connectivity index (χ1n) is 6.14. The molecule has 1 unspecified atom stereocenters. The molecule has 0 saturated carbocycles. The third-order valence-electron chi connectivity index (χ3n) is 2.88. The van der Waals surface area contributed by atoms with Gasteiger partial charge in [0.15, 0.2) is 0 Å². The highest BCUT2D eigenvalue weighted by Crippen LogP contribution is 2.07. The van der Waals surface area contributed by atoms with E-state index in [1.54, 1.807) is 11.2 Å². The van der Waals surface area contributed by atoms with Crippen molar-refractivity contribution in [3.05, 3.63) is 24.2 Å². The zero-order valence-corrected chi connectivity index (χ0v) is 11.7. The molecule has 4 nitrogen and oxygen atoms in total. The minimum Gasteiger partial charge on any atom is -0.469 e. The van der Waals surface area contributed by atoms with Gasteiger partial charge in [0.2, 0.25) is 5.91 Å². The van der Waals surface area contributed by atoms with Crippen LogP contribution in [0.4, 0.5) is 0 Å². The van der Waals surface area contributed by atoms with Crippen LogP contribution in [0.1, 0.15) is 26.0 Å². The van der Waals surface area contributed by atoms with Crippen LogP contribution in [0, 0.1) is 5.92 Å². The van der Waals surface area contributed by atoms with E-state index < -0.39 is 0 Å². The van der Waals surface area contributed by atoms with Crippen molar-refractivity contribution in [2.24, 2.45) is 11.7 Å². The van der Waals surface area contributed by atoms with Crippen LogP contribution in [0.25, 0.3) is 0 Å². The van der Waals surface area contributed by atoms with Gasteiger partial charge in [-0.3, -0.25) is 4.79 Å². The molecule has 0 aliphatic heterocycles. The number of hydrogen-bond donors (Lipinski definition) is 1. The third-order valence-corrected chi connectivity index (χ3v) is 3.28. The highest BCUT2D eigenvalue weighted by atomic mass is 32.1. The number of hydrogen-bond acceptors (Lipinski definition) is 3. The maximum absolute atomic E-state index is 12.0. The van der Waals surface area contributed by atoms with Gasteiger partial charge in [0.05, 0.1) is 11.3 Å². The van der Waals surface area contributed by atoms with Gasteiger partial charge in [-0.05, 0) is 19.1 Å². The van der Waals surface area contributed by atoms with Gasteiger partial charge in [-0.1, -0.05) is 19.1 Å². The monoisotopic (exact) mass is 268 g/mol. The molecule has 5 heteroatoms. The summed E-state index contributed by atoms with van der Waals surface area (Å²) in [7, 11) is 0. The van der Waals surface area contributed by atoms with E-state index >= 15 is 0 Å². The molecule has 100 valence electrons. The Hall–Kier alpha value is -1.36. The minimum absolute atomic E-state index is 0.0486. The molecule has 1 rings (SSSR count). The van der Waals surface area contributed by atoms with E-state index in [9.17, 15) is 4.79 Å². The average molecular weight is 268 g/mol. The molecule has 2 N–H and O–H groups in total. The number of aryl methyl sites for hydroxylation is 1. The number of amides is 1. The number of nitrogens with two attached hydrogens (primary N) is 1. The maximum Gasteiger partial charge on any atom is 0.223 e. The van der Waals surface area contributed by atoms with Crippen molar-refractivity contribution in [1.29, 1.82) is 0 Å². The zero-order chi connectivity index (χ0) is 13.5. The van der Waals surface area contributed by atoms with Gasteiger partial charge < -0.3 is 15.1 Å². The minimum atomic E-state index is 0.0486. The SMILES string of the molecule is CCN(CC(C)C(N)=S)C(=O)CCc1ccco1. The van der Waals surface area contributed by atoms with Crippen molar-refractivity contribution in [1.82, 2.24) is 4.90 Å². The lowest BCUT2D eigenvalue weighted by atomic mass is 10.1. The van der Waals surface area contributed by atoms with Gasteiger partial charge in [-0.2, -0.15) is 0 Å². The summed E-state index contributed by atoms with van der Waals surface area (Å²) in [5.74, 6) is 0.992. The highest BCUT2D eigenvalue weighted by Gasteiger charge is 2.16. The molecule has 1 amide bonds. The van der Waals surface area contributed by atoms with Gasteiger partial charge >= 0.3 is 0 Å². The topological polar surface area (TPSA) is 59.5 Å². The van der Waals surface area contributed by atoms with Gasteiger partial charge in [-0.15, -0.1) is 0 Å². The number of thiocarbonyl (C=S) groups is 1. The number of nitrogens with zero attached hydrogens (tertiary/aromatic N) is 1. The van der Waals surface area contributed by atoms with Crippen LogP contribution >= 0.6 is 12.2 Å². The lowest BCUT2D eigenvalue weighted by Gasteiger charge is -2.24. The van der Waals surface area contributed by atoms with Gasteiger partial charge in [-0.25, -0.2) is 0 Å². The van der Waals surface area contributed by atoms with Crippen LogP contribution in [0.3, 0.4) is 0 Å². The van der Waals surface area contributed by atoms with Crippen LogP contribution in [0.5, 0.6) is 0 Å². The predicted octanol–water partition coefficient (Wildman–Crippen LogP) is 1.98. The van der Waals surface area contributed by atoms with Gasteiger partial charge in [0, 0.05) is 31.8 Å². The molecule has 18 heavy (non-hydrogen) atoms. The Morgan fingerprint density at radius 2 is 2.33 bits per heavy atom. The van der Waals surface area contributed by atoms with Crippen molar-refractivity contribution in [2.45, 2.75) is 26.7 Å². The first-order chi connectivity index (χ1) is 8.54. The molecule has 0 aliphatic carbocycles. The molecule has 0 aromatic carbocycles. The summed E-state index contributed by atoms with van der Waals surface area (Å²) in [5, 5.41) is 0. The summed E-state index contributed by atoms with van der Waals surface area (Å²) < 4.78 is 5.21.